The molecule has 4 aromatic rings. The molecule has 0 aliphatic rings. The van der Waals surface area contributed by atoms with Crippen LogP contribution in [0.15, 0.2) is 59.9 Å². The predicted octanol–water partition coefficient (Wildman–Crippen LogP) is 2.80. The van der Waals surface area contributed by atoms with Crippen molar-refractivity contribution in [2.75, 3.05) is 0 Å². The van der Waals surface area contributed by atoms with Gasteiger partial charge in [0.25, 0.3) is 5.91 Å². The van der Waals surface area contributed by atoms with Crippen molar-refractivity contribution in [3.63, 3.8) is 0 Å². The van der Waals surface area contributed by atoms with Gasteiger partial charge < -0.3 is 5.32 Å². The first-order valence-corrected chi connectivity index (χ1v) is 9.67. The first-order chi connectivity index (χ1) is 12.8. The highest BCUT2D eigenvalue weighted by Crippen LogP contribution is 2.23. The molecule has 7 nitrogen and oxygen atoms in total. The van der Waals surface area contributed by atoms with Crippen LogP contribution in [-0.2, 0) is 12.3 Å². The first kappa shape index (κ1) is 16.7. The molecule has 130 valence electrons. The molecular weight excluding hydrogens is 368 g/mol. The van der Waals surface area contributed by atoms with Crippen molar-refractivity contribution in [1.29, 1.82) is 0 Å². The van der Waals surface area contributed by atoms with E-state index in [9.17, 15) is 4.79 Å². The molecule has 9 heteroatoms. The molecule has 3 heterocycles. The maximum atomic E-state index is 12.2. The predicted molar refractivity (Wildman–Crippen MR) is 100 cm³/mol. The zero-order valence-electron chi connectivity index (χ0n) is 13.6. The van der Waals surface area contributed by atoms with Crippen molar-refractivity contribution in [3.05, 3.63) is 70.3 Å². The smallest absolute Gasteiger partial charge is 0.282 e. The van der Waals surface area contributed by atoms with Crippen LogP contribution in [0.25, 0.3) is 5.65 Å². The van der Waals surface area contributed by atoms with E-state index in [1.165, 1.54) is 23.1 Å². The molecule has 0 radical (unpaired) electrons. The summed E-state index contributed by atoms with van der Waals surface area (Å²) < 4.78 is 1.92. The van der Waals surface area contributed by atoms with E-state index in [0.29, 0.717) is 17.3 Å². The van der Waals surface area contributed by atoms with E-state index in [1.54, 1.807) is 0 Å². The first-order valence-electron chi connectivity index (χ1n) is 7.87. The van der Waals surface area contributed by atoms with Crippen LogP contribution in [-0.4, -0.2) is 30.7 Å². The Morgan fingerprint density at radius 3 is 2.77 bits per heavy atom. The highest BCUT2D eigenvalue weighted by Gasteiger charge is 2.14. The van der Waals surface area contributed by atoms with Crippen LogP contribution in [0.5, 0.6) is 0 Å². The average molecular weight is 382 g/mol. The van der Waals surface area contributed by atoms with Gasteiger partial charge in [0.1, 0.15) is 5.01 Å². The number of hydrogen-bond acceptors (Lipinski definition) is 7. The van der Waals surface area contributed by atoms with Gasteiger partial charge in [0.15, 0.2) is 10.8 Å². The molecular formula is C17H14N6OS2. The van der Waals surface area contributed by atoms with Crippen LogP contribution >= 0.6 is 23.1 Å². The van der Waals surface area contributed by atoms with Gasteiger partial charge in [-0.05, 0) is 17.7 Å². The Bertz CT molecular complexity index is 1030. The fourth-order valence-electron chi connectivity index (χ4n) is 2.30. The van der Waals surface area contributed by atoms with Crippen LogP contribution in [0.1, 0.15) is 20.4 Å². The number of aromatic nitrogens is 5. The van der Waals surface area contributed by atoms with E-state index in [2.05, 4.69) is 25.7 Å². The monoisotopic (exact) mass is 382 g/mol. The Morgan fingerprint density at radius 2 is 1.88 bits per heavy atom. The van der Waals surface area contributed by atoms with E-state index in [1.807, 2.05) is 59.1 Å². The Kier molecular flexibility index (Phi) is 4.89. The molecule has 1 amide bonds. The van der Waals surface area contributed by atoms with Gasteiger partial charge in [-0.2, -0.15) is 0 Å². The second-order valence-electron chi connectivity index (χ2n) is 5.37. The quantitative estimate of drug-likeness (QED) is 0.516. The van der Waals surface area contributed by atoms with Crippen LogP contribution in [0.2, 0.25) is 0 Å². The molecule has 0 aliphatic carbocycles. The summed E-state index contributed by atoms with van der Waals surface area (Å²) in [7, 11) is 0. The lowest BCUT2D eigenvalue weighted by molar-refractivity contribution is 0.0950. The van der Waals surface area contributed by atoms with Gasteiger partial charge in [-0.1, -0.05) is 59.5 Å². The van der Waals surface area contributed by atoms with Crippen molar-refractivity contribution < 1.29 is 4.79 Å². The Balaban J connectivity index is 1.36. The summed E-state index contributed by atoms with van der Waals surface area (Å²) in [4.78, 5) is 12.2. The Labute approximate surface area is 157 Å². The third kappa shape index (κ3) is 3.73. The van der Waals surface area contributed by atoms with Crippen LogP contribution in [0, 0.1) is 0 Å². The van der Waals surface area contributed by atoms with Crippen LogP contribution in [0.4, 0.5) is 0 Å². The van der Waals surface area contributed by atoms with Gasteiger partial charge >= 0.3 is 0 Å². The van der Waals surface area contributed by atoms with E-state index >= 15 is 0 Å². The zero-order valence-corrected chi connectivity index (χ0v) is 15.2. The van der Waals surface area contributed by atoms with Crippen molar-refractivity contribution in [1.82, 2.24) is 30.1 Å². The molecule has 0 spiro atoms. The summed E-state index contributed by atoms with van der Waals surface area (Å²) in [5.41, 5.74) is 1.84. The molecule has 1 N–H and O–H groups in total. The summed E-state index contributed by atoms with van der Waals surface area (Å²) in [5.74, 6) is 0.370. The molecule has 0 saturated heterocycles. The largest absolute Gasteiger partial charge is 0.346 e. The lowest BCUT2D eigenvalue weighted by atomic mass is 10.2. The maximum Gasteiger partial charge on any atom is 0.282 e. The summed E-state index contributed by atoms with van der Waals surface area (Å²) >= 11 is 2.80. The van der Waals surface area contributed by atoms with E-state index < -0.39 is 0 Å². The number of nitrogens with one attached hydrogen (secondary N) is 1. The van der Waals surface area contributed by atoms with E-state index in [0.717, 1.165) is 21.4 Å². The van der Waals surface area contributed by atoms with Crippen molar-refractivity contribution >= 4 is 34.7 Å². The Hall–Kier alpha value is -2.78. The second kappa shape index (κ2) is 7.63. The van der Waals surface area contributed by atoms with Gasteiger partial charge in [-0.15, -0.1) is 20.4 Å². The highest BCUT2D eigenvalue weighted by atomic mass is 32.2. The van der Waals surface area contributed by atoms with Gasteiger partial charge in [0, 0.05) is 12.7 Å². The number of carbonyl (C=O) groups excluding carboxylic acids is 1. The number of pyridine rings is 1. The standard InChI is InChI=1S/C17H14N6OS2/c24-15(18-10-12-6-2-1-3-7-12)16-21-20-14(26-16)11-25-17-22-19-13-8-4-5-9-23(13)17/h1-9H,10-11H2,(H,18,24). The molecule has 26 heavy (non-hydrogen) atoms. The third-order valence-corrected chi connectivity index (χ3v) is 5.62. The minimum Gasteiger partial charge on any atom is -0.346 e. The average Bonchev–Trinajstić information content (AvgIpc) is 3.32. The number of amides is 1. The zero-order chi connectivity index (χ0) is 17.8. The lowest BCUT2D eigenvalue weighted by Gasteiger charge is -2.02. The fraction of sp³-hybridized carbons (Fsp3) is 0.118. The molecule has 0 aliphatic heterocycles. The third-order valence-electron chi connectivity index (χ3n) is 3.56. The van der Waals surface area contributed by atoms with Crippen molar-refractivity contribution in [3.8, 4) is 0 Å². The molecule has 0 bridgehead atoms. The number of fused-ring (bicyclic) bond motifs is 1. The minimum atomic E-state index is -0.212. The summed E-state index contributed by atoms with van der Waals surface area (Å²) in [6.45, 7) is 0.467. The van der Waals surface area contributed by atoms with Gasteiger partial charge in [-0.3, -0.25) is 9.20 Å². The summed E-state index contributed by atoms with van der Waals surface area (Å²) in [6, 6.07) is 15.5. The Morgan fingerprint density at radius 1 is 1.04 bits per heavy atom. The number of hydrogen-bond donors (Lipinski definition) is 1. The van der Waals surface area contributed by atoms with Crippen molar-refractivity contribution in [2.24, 2.45) is 0 Å². The summed E-state index contributed by atoms with van der Waals surface area (Å²) in [5, 5.41) is 21.1. The summed E-state index contributed by atoms with van der Waals surface area (Å²) in [6.07, 6.45) is 1.92. The molecule has 4 rings (SSSR count). The van der Waals surface area contributed by atoms with E-state index in [4.69, 9.17) is 0 Å². The number of rotatable bonds is 6. The van der Waals surface area contributed by atoms with Gasteiger partial charge in [0.2, 0.25) is 5.01 Å². The van der Waals surface area contributed by atoms with Crippen LogP contribution < -0.4 is 5.32 Å². The van der Waals surface area contributed by atoms with Gasteiger partial charge in [0.05, 0.1) is 5.75 Å². The number of benzene rings is 1. The molecule has 1 aromatic carbocycles. The maximum absolute atomic E-state index is 12.2. The van der Waals surface area contributed by atoms with E-state index in [-0.39, 0.29) is 5.91 Å². The molecule has 0 unspecified atom stereocenters. The number of carbonyl (C=O) groups is 1. The normalized spacial score (nSPS) is 10.9. The number of thioether (sulfide) groups is 1. The van der Waals surface area contributed by atoms with Gasteiger partial charge in [-0.25, -0.2) is 0 Å². The molecule has 3 aromatic heterocycles. The number of nitrogens with zero attached hydrogens (tertiary/aromatic N) is 5. The minimum absolute atomic E-state index is 0.212. The molecule has 0 atom stereocenters. The fourth-order valence-corrected chi connectivity index (χ4v) is 3.97. The molecule has 0 saturated carbocycles. The SMILES string of the molecule is O=C(NCc1ccccc1)c1nnc(CSc2nnc3ccccn23)s1. The molecule has 0 fully saturated rings. The lowest BCUT2D eigenvalue weighted by Crippen LogP contribution is -2.22. The van der Waals surface area contributed by atoms with Crippen molar-refractivity contribution in [2.45, 2.75) is 17.5 Å². The topological polar surface area (TPSA) is 85.1 Å². The van der Waals surface area contributed by atoms with Crippen LogP contribution in [0.3, 0.4) is 0 Å². The second-order valence-corrected chi connectivity index (χ2v) is 7.37. The highest BCUT2D eigenvalue weighted by molar-refractivity contribution is 7.98.